The number of imidazole rings is 1. The summed E-state index contributed by atoms with van der Waals surface area (Å²) in [5, 5.41) is 0. The summed E-state index contributed by atoms with van der Waals surface area (Å²) < 4.78 is 8.24. The van der Waals surface area contributed by atoms with E-state index in [0.29, 0.717) is 5.92 Å². The van der Waals surface area contributed by atoms with E-state index in [2.05, 4.69) is 40.7 Å². The van der Waals surface area contributed by atoms with Crippen molar-refractivity contribution in [2.75, 3.05) is 0 Å². The summed E-state index contributed by atoms with van der Waals surface area (Å²) in [6.07, 6.45) is 8.03. The highest BCUT2D eigenvalue weighted by molar-refractivity contribution is 5.63. The van der Waals surface area contributed by atoms with Gasteiger partial charge in [-0.1, -0.05) is 30.3 Å². The number of rotatable bonds is 6. The van der Waals surface area contributed by atoms with Crippen LogP contribution < -0.4 is 4.74 Å². The average molecular weight is 319 g/mol. The summed E-state index contributed by atoms with van der Waals surface area (Å²) in [6.45, 7) is 2.88. The molecule has 0 N–H and O–H groups in total. The van der Waals surface area contributed by atoms with Gasteiger partial charge >= 0.3 is 0 Å². The Morgan fingerprint density at radius 1 is 1.17 bits per heavy atom. The first-order chi connectivity index (χ1) is 11.8. The van der Waals surface area contributed by atoms with Gasteiger partial charge in [0, 0.05) is 23.4 Å². The standard InChI is InChI=1S/C20H21N3O/c1-15(24-18-8-5-11-21-12-18)13-23-14-22-19(20(23)17-9-10-17)16-6-3-2-4-7-16/h2-8,11-12,14-15,17H,9-10,13H2,1H3/t15-/m0/s1. The van der Waals surface area contributed by atoms with E-state index in [0.717, 1.165) is 18.0 Å². The van der Waals surface area contributed by atoms with Crippen LogP contribution in [0.1, 0.15) is 31.4 Å². The third-order valence-electron chi connectivity index (χ3n) is 4.32. The van der Waals surface area contributed by atoms with E-state index < -0.39 is 0 Å². The van der Waals surface area contributed by atoms with Gasteiger partial charge in [-0.15, -0.1) is 0 Å². The summed E-state index contributed by atoms with van der Waals surface area (Å²) in [5.41, 5.74) is 3.66. The zero-order chi connectivity index (χ0) is 16.4. The SMILES string of the molecule is C[C@@H](Cn1cnc(-c2ccccc2)c1C1CC1)Oc1cccnc1. The Labute approximate surface area is 142 Å². The van der Waals surface area contributed by atoms with Crippen LogP contribution in [-0.2, 0) is 6.54 Å². The van der Waals surface area contributed by atoms with Gasteiger partial charge in [0.1, 0.15) is 11.9 Å². The van der Waals surface area contributed by atoms with E-state index in [1.807, 2.05) is 24.5 Å². The lowest BCUT2D eigenvalue weighted by Gasteiger charge is -2.17. The predicted molar refractivity (Wildman–Crippen MR) is 94.0 cm³/mol. The van der Waals surface area contributed by atoms with Gasteiger partial charge in [-0.2, -0.15) is 0 Å². The fourth-order valence-corrected chi connectivity index (χ4v) is 3.10. The summed E-state index contributed by atoms with van der Waals surface area (Å²) in [5.74, 6) is 1.44. The first-order valence-electron chi connectivity index (χ1n) is 8.48. The van der Waals surface area contributed by atoms with Crippen LogP contribution in [0.4, 0.5) is 0 Å². The molecular formula is C20H21N3O. The molecule has 1 saturated carbocycles. The highest BCUT2D eigenvalue weighted by Gasteiger charge is 2.31. The summed E-state index contributed by atoms with van der Waals surface area (Å²) in [6, 6.07) is 14.3. The molecule has 4 rings (SSSR count). The third-order valence-corrected chi connectivity index (χ3v) is 4.32. The Hall–Kier alpha value is -2.62. The highest BCUT2D eigenvalue weighted by Crippen LogP contribution is 2.44. The molecule has 24 heavy (non-hydrogen) atoms. The van der Waals surface area contributed by atoms with E-state index in [1.165, 1.54) is 24.1 Å². The topological polar surface area (TPSA) is 39.9 Å². The average Bonchev–Trinajstić information content (AvgIpc) is 3.37. The molecule has 0 unspecified atom stereocenters. The summed E-state index contributed by atoms with van der Waals surface area (Å²) >= 11 is 0. The van der Waals surface area contributed by atoms with Crippen LogP contribution in [0, 0.1) is 0 Å². The minimum Gasteiger partial charge on any atom is -0.487 e. The van der Waals surface area contributed by atoms with Gasteiger partial charge in [0.2, 0.25) is 0 Å². The van der Waals surface area contributed by atoms with Crippen LogP contribution in [0.2, 0.25) is 0 Å². The van der Waals surface area contributed by atoms with Crippen LogP contribution in [0.25, 0.3) is 11.3 Å². The Morgan fingerprint density at radius 3 is 2.71 bits per heavy atom. The van der Waals surface area contributed by atoms with Crippen LogP contribution in [0.3, 0.4) is 0 Å². The molecule has 2 heterocycles. The quantitative estimate of drug-likeness (QED) is 0.680. The van der Waals surface area contributed by atoms with E-state index in [1.54, 1.807) is 12.4 Å². The highest BCUT2D eigenvalue weighted by atomic mass is 16.5. The molecule has 3 aromatic rings. The number of aromatic nitrogens is 3. The molecule has 0 radical (unpaired) electrons. The van der Waals surface area contributed by atoms with Crippen molar-refractivity contribution in [2.45, 2.75) is 38.3 Å². The lowest BCUT2D eigenvalue weighted by molar-refractivity contribution is 0.197. The molecule has 1 aliphatic rings. The van der Waals surface area contributed by atoms with Crippen molar-refractivity contribution < 1.29 is 4.74 Å². The van der Waals surface area contributed by atoms with Gasteiger partial charge in [0.25, 0.3) is 0 Å². The van der Waals surface area contributed by atoms with Crippen LogP contribution in [0.15, 0.2) is 61.2 Å². The van der Waals surface area contributed by atoms with Crippen molar-refractivity contribution in [1.82, 2.24) is 14.5 Å². The minimum absolute atomic E-state index is 0.0597. The van der Waals surface area contributed by atoms with Crippen molar-refractivity contribution in [3.05, 3.63) is 66.9 Å². The normalized spacial score (nSPS) is 15.2. The second-order valence-electron chi connectivity index (χ2n) is 6.39. The lowest BCUT2D eigenvalue weighted by atomic mass is 10.1. The smallest absolute Gasteiger partial charge is 0.138 e. The molecule has 1 atom stereocenters. The zero-order valence-corrected chi connectivity index (χ0v) is 13.8. The molecule has 0 bridgehead atoms. The fraction of sp³-hybridized carbons (Fsp3) is 0.300. The fourth-order valence-electron chi connectivity index (χ4n) is 3.10. The molecule has 122 valence electrons. The van der Waals surface area contributed by atoms with Crippen molar-refractivity contribution >= 4 is 0 Å². The first kappa shape index (κ1) is 14.9. The number of benzene rings is 1. The predicted octanol–water partition coefficient (Wildman–Crippen LogP) is 4.29. The molecule has 0 spiro atoms. The Morgan fingerprint density at radius 2 is 2.00 bits per heavy atom. The second kappa shape index (κ2) is 6.48. The number of pyridine rings is 1. The van der Waals surface area contributed by atoms with Gasteiger partial charge in [-0.05, 0) is 31.9 Å². The van der Waals surface area contributed by atoms with Crippen molar-refractivity contribution in [2.24, 2.45) is 0 Å². The minimum atomic E-state index is 0.0597. The second-order valence-corrected chi connectivity index (χ2v) is 6.39. The van der Waals surface area contributed by atoms with Gasteiger partial charge in [-0.3, -0.25) is 4.98 Å². The van der Waals surface area contributed by atoms with Gasteiger partial charge in [0.05, 0.1) is 24.8 Å². The van der Waals surface area contributed by atoms with E-state index in [9.17, 15) is 0 Å². The van der Waals surface area contributed by atoms with Gasteiger partial charge in [0.15, 0.2) is 0 Å². The Kier molecular flexibility index (Phi) is 4.03. The molecule has 0 saturated heterocycles. The summed E-state index contributed by atoms with van der Waals surface area (Å²) in [7, 11) is 0. The number of hydrogen-bond acceptors (Lipinski definition) is 3. The lowest BCUT2D eigenvalue weighted by Crippen LogP contribution is -2.20. The molecule has 1 aliphatic carbocycles. The molecule has 1 fully saturated rings. The largest absolute Gasteiger partial charge is 0.487 e. The number of ether oxygens (including phenoxy) is 1. The monoisotopic (exact) mass is 319 g/mol. The van der Waals surface area contributed by atoms with Gasteiger partial charge < -0.3 is 9.30 Å². The van der Waals surface area contributed by atoms with E-state index >= 15 is 0 Å². The number of hydrogen-bond donors (Lipinski definition) is 0. The molecule has 0 aliphatic heterocycles. The van der Waals surface area contributed by atoms with Crippen LogP contribution in [-0.4, -0.2) is 20.6 Å². The Bertz CT molecular complexity index is 794. The summed E-state index contributed by atoms with van der Waals surface area (Å²) in [4.78, 5) is 8.80. The van der Waals surface area contributed by atoms with Crippen LogP contribution in [0.5, 0.6) is 5.75 Å². The molecule has 2 aromatic heterocycles. The Balaban J connectivity index is 1.56. The molecule has 1 aromatic carbocycles. The number of nitrogens with zero attached hydrogens (tertiary/aromatic N) is 3. The zero-order valence-electron chi connectivity index (χ0n) is 13.8. The molecule has 4 nitrogen and oxygen atoms in total. The van der Waals surface area contributed by atoms with Gasteiger partial charge in [-0.25, -0.2) is 4.98 Å². The van der Waals surface area contributed by atoms with Crippen molar-refractivity contribution in [1.29, 1.82) is 0 Å². The first-order valence-corrected chi connectivity index (χ1v) is 8.48. The maximum absolute atomic E-state index is 5.98. The van der Waals surface area contributed by atoms with E-state index in [-0.39, 0.29) is 6.10 Å². The third kappa shape index (κ3) is 3.18. The van der Waals surface area contributed by atoms with Crippen molar-refractivity contribution in [3.63, 3.8) is 0 Å². The molecule has 0 amide bonds. The maximum Gasteiger partial charge on any atom is 0.138 e. The van der Waals surface area contributed by atoms with E-state index in [4.69, 9.17) is 9.72 Å². The van der Waals surface area contributed by atoms with Crippen molar-refractivity contribution in [3.8, 4) is 17.0 Å². The van der Waals surface area contributed by atoms with Crippen LogP contribution >= 0.6 is 0 Å². The molecule has 4 heteroatoms. The maximum atomic E-state index is 5.98. The molecular weight excluding hydrogens is 298 g/mol.